The highest BCUT2D eigenvalue weighted by molar-refractivity contribution is 5.77. The number of aromatic nitrogens is 1. The largest absolute Gasteiger partial charge is 0.459 e. The van der Waals surface area contributed by atoms with E-state index in [9.17, 15) is 0 Å². The van der Waals surface area contributed by atoms with E-state index in [2.05, 4.69) is 29.4 Å². The van der Waals surface area contributed by atoms with Crippen LogP contribution < -0.4 is 5.32 Å². The van der Waals surface area contributed by atoms with Gasteiger partial charge in [0.1, 0.15) is 11.3 Å². The lowest BCUT2D eigenvalue weighted by Gasteiger charge is -2.14. The van der Waals surface area contributed by atoms with E-state index in [1.165, 1.54) is 0 Å². The number of furan rings is 1. The van der Waals surface area contributed by atoms with Gasteiger partial charge in [-0.2, -0.15) is 0 Å². The Bertz CT molecular complexity index is 643. The molecule has 3 nitrogen and oxygen atoms in total. The zero-order valence-corrected chi connectivity index (χ0v) is 11.5. The van der Waals surface area contributed by atoms with E-state index < -0.39 is 0 Å². The van der Waals surface area contributed by atoms with Crippen LogP contribution in [-0.4, -0.2) is 11.5 Å². The van der Waals surface area contributed by atoms with Crippen LogP contribution in [0.2, 0.25) is 0 Å². The Labute approximate surface area is 118 Å². The fourth-order valence-electron chi connectivity index (χ4n) is 2.42. The molecular weight excluding hydrogens is 248 g/mol. The Balaban J connectivity index is 1.89. The number of fused-ring (bicyclic) bond motifs is 1. The minimum absolute atomic E-state index is 0.155. The van der Waals surface area contributed by atoms with Crippen molar-refractivity contribution in [3.63, 3.8) is 0 Å². The van der Waals surface area contributed by atoms with Crippen molar-refractivity contribution in [3.05, 3.63) is 66.2 Å². The summed E-state index contributed by atoms with van der Waals surface area (Å²) in [5.41, 5.74) is 2.00. The van der Waals surface area contributed by atoms with Crippen LogP contribution in [0.5, 0.6) is 0 Å². The second-order valence-electron chi connectivity index (χ2n) is 4.82. The zero-order valence-electron chi connectivity index (χ0n) is 11.5. The lowest BCUT2D eigenvalue weighted by molar-refractivity contribution is 0.432. The molecule has 2 aromatic heterocycles. The lowest BCUT2D eigenvalue weighted by atomic mass is 10.1. The first kappa shape index (κ1) is 12.9. The Morgan fingerprint density at radius 1 is 1.15 bits per heavy atom. The second-order valence-corrected chi connectivity index (χ2v) is 4.82. The summed E-state index contributed by atoms with van der Waals surface area (Å²) in [5, 5.41) is 4.62. The average molecular weight is 266 g/mol. The van der Waals surface area contributed by atoms with Crippen LogP contribution in [0.15, 0.2) is 59.1 Å². The SMILES string of the molecule is CCNC(Cc1ccccn1)c1cc2ccccc2o1. The summed E-state index contributed by atoms with van der Waals surface area (Å²) in [6.07, 6.45) is 2.66. The summed E-state index contributed by atoms with van der Waals surface area (Å²) in [6.45, 7) is 3.00. The van der Waals surface area contributed by atoms with Crippen LogP contribution in [-0.2, 0) is 6.42 Å². The van der Waals surface area contributed by atoms with Crippen LogP contribution in [0.4, 0.5) is 0 Å². The van der Waals surface area contributed by atoms with Gasteiger partial charge in [-0.1, -0.05) is 31.2 Å². The normalized spacial score (nSPS) is 12.7. The molecular formula is C17H18N2O. The minimum Gasteiger partial charge on any atom is -0.459 e. The van der Waals surface area contributed by atoms with Gasteiger partial charge in [0.25, 0.3) is 0 Å². The predicted octanol–water partition coefficient (Wildman–Crippen LogP) is 3.72. The molecule has 1 unspecified atom stereocenters. The number of likely N-dealkylation sites (N-methyl/N-ethyl adjacent to an activating group) is 1. The van der Waals surface area contributed by atoms with E-state index in [1.807, 2.05) is 42.6 Å². The third kappa shape index (κ3) is 2.73. The highest BCUT2D eigenvalue weighted by Crippen LogP contribution is 2.25. The molecule has 0 aliphatic rings. The third-order valence-electron chi connectivity index (χ3n) is 3.38. The number of nitrogens with one attached hydrogen (secondary N) is 1. The highest BCUT2D eigenvalue weighted by Gasteiger charge is 2.16. The first-order valence-corrected chi connectivity index (χ1v) is 6.98. The molecule has 0 amide bonds. The van der Waals surface area contributed by atoms with Crippen LogP contribution in [0.25, 0.3) is 11.0 Å². The molecule has 3 aromatic rings. The predicted molar refractivity (Wildman–Crippen MR) is 80.6 cm³/mol. The van der Waals surface area contributed by atoms with Crippen molar-refractivity contribution >= 4 is 11.0 Å². The molecule has 0 saturated carbocycles. The highest BCUT2D eigenvalue weighted by atomic mass is 16.3. The molecule has 0 bridgehead atoms. The first-order valence-electron chi connectivity index (χ1n) is 6.98. The molecule has 1 N–H and O–H groups in total. The Hall–Kier alpha value is -2.13. The number of hydrogen-bond acceptors (Lipinski definition) is 3. The molecule has 0 saturated heterocycles. The van der Waals surface area contributed by atoms with E-state index in [0.29, 0.717) is 0 Å². The maximum absolute atomic E-state index is 5.96. The standard InChI is InChI=1S/C17H18N2O/c1-2-18-15(12-14-8-5-6-10-19-14)17-11-13-7-3-4-9-16(13)20-17/h3-11,15,18H,2,12H2,1H3. The molecule has 20 heavy (non-hydrogen) atoms. The summed E-state index contributed by atoms with van der Waals surface area (Å²) in [7, 11) is 0. The molecule has 0 aliphatic heterocycles. The van der Waals surface area contributed by atoms with Gasteiger partial charge >= 0.3 is 0 Å². The van der Waals surface area contributed by atoms with Crippen molar-refractivity contribution in [2.45, 2.75) is 19.4 Å². The number of nitrogens with zero attached hydrogens (tertiary/aromatic N) is 1. The van der Waals surface area contributed by atoms with Crippen molar-refractivity contribution in [2.75, 3.05) is 6.54 Å². The van der Waals surface area contributed by atoms with Gasteiger partial charge in [0.15, 0.2) is 0 Å². The number of rotatable bonds is 5. The Morgan fingerprint density at radius 2 is 2.00 bits per heavy atom. The molecule has 1 atom stereocenters. The zero-order chi connectivity index (χ0) is 13.8. The molecule has 102 valence electrons. The topological polar surface area (TPSA) is 38.1 Å². The van der Waals surface area contributed by atoms with Crippen molar-refractivity contribution in [3.8, 4) is 0 Å². The summed E-state index contributed by atoms with van der Waals surface area (Å²) in [4.78, 5) is 4.40. The van der Waals surface area contributed by atoms with Gasteiger partial charge in [-0.3, -0.25) is 4.98 Å². The summed E-state index contributed by atoms with van der Waals surface area (Å²) >= 11 is 0. The minimum atomic E-state index is 0.155. The van der Waals surface area contributed by atoms with Gasteiger partial charge in [0.2, 0.25) is 0 Å². The van der Waals surface area contributed by atoms with E-state index in [0.717, 1.165) is 35.4 Å². The monoisotopic (exact) mass is 266 g/mol. The maximum atomic E-state index is 5.96. The summed E-state index contributed by atoms with van der Waals surface area (Å²) in [6, 6.07) is 16.4. The molecule has 0 fully saturated rings. The fraction of sp³-hybridized carbons (Fsp3) is 0.235. The number of hydrogen-bond donors (Lipinski definition) is 1. The van der Waals surface area contributed by atoms with Gasteiger partial charge in [-0.15, -0.1) is 0 Å². The third-order valence-corrected chi connectivity index (χ3v) is 3.38. The summed E-state index contributed by atoms with van der Waals surface area (Å²) < 4.78 is 5.96. The summed E-state index contributed by atoms with van der Waals surface area (Å²) in [5.74, 6) is 0.971. The van der Waals surface area contributed by atoms with Gasteiger partial charge < -0.3 is 9.73 Å². The van der Waals surface area contributed by atoms with Crippen molar-refractivity contribution in [1.82, 2.24) is 10.3 Å². The van der Waals surface area contributed by atoms with Crippen molar-refractivity contribution in [1.29, 1.82) is 0 Å². The Morgan fingerprint density at radius 3 is 2.75 bits per heavy atom. The van der Waals surface area contributed by atoms with Gasteiger partial charge in [0.05, 0.1) is 6.04 Å². The quantitative estimate of drug-likeness (QED) is 0.764. The van der Waals surface area contributed by atoms with Crippen LogP contribution >= 0.6 is 0 Å². The van der Waals surface area contributed by atoms with Gasteiger partial charge in [-0.25, -0.2) is 0 Å². The van der Waals surface area contributed by atoms with E-state index in [1.54, 1.807) is 0 Å². The number of para-hydroxylation sites is 1. The van der Waals surface area contributed by atoms with Crippen molar-refractivity contribution < 1.29 is 4.42 Å². The van der Waals surface area contributed by atoms with Crippen LogP contribution in [0.3, 0.4) is 0 Å². The van der Waals surface area contributed by atoms with Gasteiger partial charge in [0, 0.05) is 23.7 Å². The molecule has 2 heterocycles. The van der Waals surface area contributed by atoms with E-state index >= 15 is 0 Å². The molecule has 3 heteroatoms. The maximum Gasteiger partial charge on any atom is 0.134 e. The van der Waals surface area contributed by atoms with Crippen LogP contribution in [0.1, 0.15) is 24.4 Å². The molecule has 1 aromatic carbocycles. The smallest absolute Gasteiger partial charge is 0.134 e. The molecule has 0 aliphatic carbocycles. The van der Waals surface area contributed by atoms with E-state index in [-0.39, 0.29) is 6.04 Å². The second kappa shape index (κ2) is 5.88. The average Bonchev–Trinajstić information content (AvgIpc) is 2.92. The van der Waals surface area contributed by atoms with Crippen molar-refractivity contribution in [2.24, 2.45) is 0 Å². The fourth-order valence-corrected chi connectivity index (χ4v) is 2.42. The Kier molecular flexibility index (Phi) is 3.79. The van der Waals surface area contributed by atoms with Gasteiger partial charge in [-0.05, 0) is 30.8 Å². The first-order chi connectivity index (χ1) is 9.86. The molecule has 3 rings (SSSR count). The molecule has 0 spiro atoms. The van der Waals surface area contributed by atoms with E-state index in [4.69, 9.17) is 4.42 Å². The number of benzene rings is 1. The molecule has 0 radical (unpaired) electrons. The van der Waals surface area contributed by atoms with Crippen LogP contribution in [0, 0.1) is 0 Å². The lowest BCUT2D eigenvalue weighted by Crippen LogP contribution is -2.22. The number of pyridine rings is 1.